The fraction of sp³-hybridized carbons (Fsp3) is 0.333. The van der Waals surface area contributed by atoms with Crippen molar-refractivity contribution in [3.05, 3.63) is 64.1 Å². The van der Waals surface area contributed by atoms with E-state index in [1.165, 1.54) is 18.2 Å². The summed E-state index contributed by atoms with van der Waals surface area (Å²) in [5.41, 5.74) is 3.95. The van der Waals surface area contributed by atoms with Crippen LogP contribution in [0.15, 0.2) is 47.3 Å². The summed E-state index contributed by atoms with van der Waals surface area (Å²) >= 11 is 0. The first kappa shape index (κ1) is 24.2. The van der Waals surface area contributed by atoms with Gasteiger partial charge >= 0.3 is 6.18 Å². The van der Waals surface area contributed by atoms with Gasteiger partial charge in [-0.3, -0.25) is 14.4 Å². The first-order chi connectivity index (χ1) is 16.6. The molecular weight excluding hydrogens is 463 g/mol. The van der Waals surface area contributed by atoms with Crippen molar-refractivity contribution in [1.82, 2.24) is 9.78 Å². The summed E-state index contributed by atoms with van der Waals surface area (Å²) < 4.78 is 40.8. The Morgan fingerprint density at radius 1 is 1.03 bits per heavy atom. The minimum Gasteiger partial charge on any atom is -0.381 e. The van der Waals surface area contributed by atoms with Crippen LogP contribution >= 0.6 is 0 Å². The number of hydrogen-bond acceptors (Lipinski definition) is 5. The first-order valence-electron chi connectivity index (χ1n) is 11.2. The molecule has 1 saturated carbocycles. The summed E-state index contributed by atoms with van der Waals surface area (Å²) in [5, 5.41) is 10.0. The topological polar surface area (TPSA) is 119 Å². The van der Waals surface area contributed by atoms with Crippen LogP contribution in [0.5, 0.6) is 0 Å². The zero-order valence-electron chi connectivity index (χ0n) is 18.7. The number of nitrogens with zero attached hydrogens (tertiary/aromatic N) is 2. The van der Waals surface area contributed by atoms with Gasteiger partial charge in [0.05, 0.1) is 22.3 Å². The molecule has 35 heavy (non-hydrogen) atoms. The number of rotatable bonds is 6. The second-order valence-electron chi connectivity index (χ2n) is 8.51. The normalized spacial score (nSPS) is 14.6. The first-order valence-corrected chi connectivity index (χ1v) is 11.2. The number of carbonyl (C=O) groups is 2. The summed E-state index contributed by atoms with van der Waals surface area (Å²) in [4.78, 5) is 37.5. The molecule has 1 aliphatic carbocycles. The lowest BCUT2D eigenvalue weighted by molar-refractivity contribution is -0.137. The quantitative estimate of drug-likeness (QED) is 0.487. The van der Waals surface area contributed by atoms with Crippen molar-refractivity contribution in [1.29, 1.82) is 0 Å². The molecule has 1 aromatic heterocycles. The van der Waals surface area contributed by atoms with Crippen molar-refractivity contribution >= 4 is 34.0 Å². The van der Waals surface area contributed by atoms with E-state index < -0.39 is 35.7 Å². The molecule has 1 heterocycles. The molecule has 3 aromatic rings. The van der Waals surface area contributed by atoms with Gasteiger partial charge in [0.2, 0.25) is 5.91 Å². The van der Waals surface area contributed by atoms with Crippen molar-refractivity contribution in [3.63, 3.8) is 0 Å². The number of nitrogens with one attached hydrogen (secondary N) is 2. The molecule has 0 radical (unpaired) electrons. The molecule has 1 aliphatic rings. The monoisotopic (exact) mass is 487 g/mol. The molecule has 0 bridgehead atoms. The van der Waals surface area contributed by atoms with Gasteiger partial charge in [-0.2, -0.15) is 18.3 Å². The molecule has 2 aromatic carbocycles. The second-order valence-corrected chi connectivity index (χ2v) is 8.51. The van der Waals surface area contributed by atoms with E-state index in [1.807, 2.05) is 0 Å². The minimum atomic E-state index is -4.60. The van der Waals surface area contributed by atoms with E-state index >= 15 is 0 Å². The highest BCUT2D eigenvalue weighted by Gasteiger charge is 2.31. The number of benzene rings is 2. The fourth-order valence-corrected chi connectivity index (χ4v) is 4.27. The van der Waals surface area contributed by atoms with Crippen molar-refractivity contribution < 1.29 is 22.8 Å². The van der Waals surface area contributed by atoms with Crippen molar-refractivity contribution in [2.75, 3.05) is 10.6 Å². The summed E-state index contributed by atoms with van der Waals surface area (Å²) in [6.07, 6.45) is 0.282. The average molecular weight is 487 g/mol. The van der Waals surface area contributed by atoms with Crippen LogP contribution in [0.25, 0.3) is 10.8 Å². The molecule has 0 aliphatic heterocycles. The highest BCUT2D eigenvalue weighted by Crippen LogP contribution is 2.35. The van der Waals surface area contributed by atoms with Gasteiger partial charge < -0.3 is 16.4 Å². The Kier molecular flexibility index (Phi) is 6.77. The molecular formula is C24H24F3N5O3. The Labute approximate surface area is 198 Å². The van der Waals surface area contributed by atoms with E-state index in [1.54, 1.807) is 12.1 Å². The largest absolute Gasteiger partial charge is 0.416 e. The van der Waals surface area contributed by atoms with Gasteiger partial charge in [-0.25, -0.2) is 4.68 Å². The SMILES string of the molecule is NC(=O)c1nn(CC(=O)Nc2cc(C(F)(F)F)ccc2NC2CCCCC2)c(=O)c2ccccc12. The average Bonchev–Trinajstić information content (AvgIpc) is 2.82. The van der Waals surface area contributed by atoms with E-state index in [4.69, 9.17) is 5.73 Å². The number of nitrogens with two attached hydrogens (primary N) is 1. The van der Waals surface area contributed by atoms with Crippen LogP contribution in [0.3, 0.4) is 0 Å². The Balaban J connectivity index is 1.64. The van der Waals surface area contributed by atoms with Crippen LogP contribution in [-0.2, 0) is 17.5 Å². The highest BCUT2D eigenvalue weighted by molar-refractivity contribution is 6.04. The zero-order chi connectivity index (χ0) is 25.2. The van der Waals surface area contributed by atoms with E-state index in [9.17, 15) is 27.6 Å². The Morgan fingerprint density at radius 2 is 1.71 bits per heavy atom. The van der Waals surface area contributed by atoms with Crippen LogP contribution in [0, 0.1) is 0 Å². The summed E-state index contributed by atoms with van der Waals surface area (Å²) in [6, 6.07) is 9.37. The van der Waals surface area contributed by atoms with Gasteiger partial charge in [-0.15, -0.1) is 0 Å². The molecule has 2 amide bonds. The maximum atomic E-state index is 13.3. The van der Waals surface area contributed by atoms with E-state index in [0.29, 0.717) is 5.69 Å². The van der Waals surface area contributed by atoms with E-state index in [0.717, 1.165) is 48.9 Å². The van der Waals surface area contributed by atoms with Crippen molar-refractivity contribution in [2.45, 2.75) is 50.9 Å². The standard InChI is InChI=1S/C24H24F3N5O3/c25-24(26,27)14-10-11-18(29-15-6-2-1-3-7-15)19(12-14)30-20(33)13-32-23(35)17-9-5-4-8-16(17)21(31-32)22(28)34/h4-5,8-12,15,29H,1-3,6-7,13H2,(H2,28,34)(H,30,33). The Morgan fingerprint density at radius 3 is 2.37 bits per heavy atom. The smallest absolute Gasteiger partial charge is 0.381 e. The van der Waals surface area contributed by atoms with Gasteiger partial charge in [-0.05, 0) is 37.1 Å². The van der Waals surface area contributed by atoms with Gasteiger partial charge in [0.1, 0.15) is 6.54 Å². The lowest BCUT2D eigenvalue weighted by Crippen LogP contribution is -2.32. The van der Waals surface area contributed by atoms with Crippen LogP contribution in [0.2, 0.25) is 0 Å². The third-order valence-corrected chi connectivity index (χ3v) is 5.98. The minimum absolute atomic E-state index is 0.0561. The molecule has 0 spiro atoms. The lowest BCUT2D eigenvalue weighted by Gasteiger charge is -2.25. The molecule has 0 saturated heterocycles. The summed E-state index contributed by atoms with van der Waals surface area (Å²) in [6.45, 7) is -0.622. The number of amides is 2. The Bertz CT molecular complexity index is 1330. The third kappa shape index (κ3) is 5.44. The number of anilines is 2. The maximum Gasteiger partial charge on any atom is 0.416 e. The van der Waals surface area contributed by atoms with Gasteiger partial charge in [-0.1, -0.05) is 37.5 Å². The van der Waals surface area contributed by atoms with Crippen molar-refractivity contribution in [3.8, 4) is 0 Å². The summed E-state index contributed by atoms with van der Waals surface area (Å²) in [7, 11) is 0. The highest BCUT2D eigenvalue weighted by atomic mass is 19.4. The predicted molar refractivity (Wildman–Crippen MR) is 125 cm³/mol. The number of fused-ring (bicyclic) bond motifs is 1. The summed E-state index contributed by atoms with van der Waals surface area (Å²) in [5.74, 6) is -1.66. The predicted octanol–water partition coefficient (Wildman–Crippen LogP) is 3.90. The molecule has 4 N–H and O–H groups in total. The fourth-order valence-electron chi connectivity index (χ4n) is 4.27. The number of aromatic nitrogens is 2. The van der Waals surface area contributed by atoms with Gasteiger partial charge in [0.25, 0.3) is 11.5 Å². The van der Waals surface area contributed by atoms with Crippen LogP contribution in [-0.4, -0.2) is 27.6 Å². The molecule has 1 fully saturated rings. The molecule has 8 nitrogen and oxygen atoms in total. The van der Waals surface area contributed by atoms with E-state index in [2.05, 4.69) is 15.7 Å². The van der Waals surface area contributed by atoms with E-state index in [-0.39, 0.29) is 28.2 Å². The zero-order valence-corrected chi connectivity index (χ0v) is 18.7. The van der Waals surface area contributed by atoms with Gasteiger partial charge in [0.15, 0.2) is 5.69 Å². The number of alkyl halides is 3. The molecule has 0 unspecified atom stereocenters. The number of carbonyl (C=O) groups excluding carboxylic acids is 2. The third-order valence-electron chi connectivity index (χ3n) is 5.98. The molecule has 184 valence electrons. The Hall–Kier alpha value is -3.89. The van der Waals surface area contributed by atoms with Crippen LogP contribution < -0.4 is 21.9 Å². The molecule has 4 rings (SSSR count). The molecule has 11 heteroatoms. The number of halogens is 3. The lowest BCUT2D eigenvalue weighted by atomic mass is 9.95. The second kappa shape index (κ2) is 9.77. The number of primary amides is 1. The number of hydrogen-bond donors (Lipinski definition) is 3. The molecule has 0 atom stereocenters. The van der Waals surface area contributed by atoms with Crippen LogP contribution in [0.4, 0.5) is 24.5 Å². The van der Waals surface area contributed by atoms with Gasteiger partial charge in [0, 0.05) is 11.4 Å². The van der Waals surface area contributed by atoms with Crippen molar-refractivity contribution in [2.24, 2.45) is 5.73 Å². The maximum absolute atomic E-state index is 13.3. The van der Waals surface area contributed by atoms with Crippen LogP contribution in [0.1, 0.15) is 48.2 Å².